The highest BCUT2D eigenvalue weighted by Gasteiger charge is 2.29. The van der Waals surface area contributed by atoms with Crippen LogP contribution in [-0.2, 0) is 4.79 Å². The van der Waals surface area contributed by atoms with Crippen molar-refractivity contribution < 1.29 is 4.79 Å². The van der Waals surface area contributed by atoms with Gasteiger partial charge in [0.15, 0.2) is 0 Å². The number of hydrogen-bond donors (Lipinski definition) is 1. The molecule has 0 saturated carbocycles. The Hall–Kier alpha value is -0.570. The molecule has 1 fully saturated rings. The maximum absolute atomic E-state index is 11.0. The van der Waals surface area contributed by atoms with Crippen LogP contribution < -0.4 is 5.32 Å². The van der Waals surface area contributed by atoms with Gasteiger partial charge in [-0.1, -0.05) is 0 Å². The quantitative estimate of drug-likeness (QED) is 0.489. The highest BCUT2D eigenvalue weighted by molar-refractivity contribution is 5.83. The normalized spacial score (nSPS) is 35.9. The van der Waals surface area contributed by atoms with Crippen molar-refractivity contribution in [2.24, 2.45) is 0 Å². The second-order valence-corrected chi connectivity index (χ2v) is 2.51. The summed E-state index contributed by atoms with van der Waals surface area (Å²) in [5.41, 5.74) is 0. The molecule has 1 amide bonds. The molecule has 9 heavy (non-hydrogen) atoms. The molecule has 3 heteroatoms. The largest absolute Gasteiger partial charge is 0.329 e. The molecule has 1 heterocycles. The first-order chi connectivity index (χ1) is 4.13. The summed E-state index contributed by atoms with van der Waals surface area (Å²) in [7, 11) is 1.81. The van der Waals surface area contributed by atoms with Gasteiger partial charge in [-0.2, -0.15) is 0 Å². The second-order valence-electron chi connectivity index (χ2n) is 2.51. The van der Waals surface area contributed by atoms with E-state index in [1.54, 1.807) is 4.90 Å². The molecule has 0 spiro atoms. The Labute approximate surface area is 55.0 Å². The van der Waals surface area contributed by atoms with Gasteiger partial charge in [-0.3, -0.25) is 10.1 Å². The predicted molar refractivity (Wildman–Crippen MR) is 34.8 cm³/mol. The van der Waals surface area contributed by atoms with Crippen molar-refractivity contribution in [3.8, 4) is 0 Å². The van der Waals surface area contributed by atoms with Crippen LogP contribution in [0.5, 0.6) is 0 Å². The molecule has 3 nitrogen and oxygen atoms in total. The summed E-state index contributed by atoms with van der Waals surface area (Å²) in [6.07, 6.45) is 0.201. The maximum atomic E-state index is 11.0. The van der Waals surface area contributed by atoms with Crippen molar-refractivity contribution in [3.05, 3.63) is 0 Å². The molecule has 1 saturated heterocycles. The molecular weight excluding hydrogens is 116 g/mol. The Morgan fingerprint density at radius 3 is 2.22 bits per heavy atom. The summed E-state index contributed by atoms with van der Waals surface area (Å²) in [5, 5.41) is 3.09. The number of amides is 1. The minimum absolute atomic E-state index is 0.00463. The van der Waals surface area contributed by atoms with Gasteiger partial charge >= 0.3 is 0 Å². The van der Waals surface area contributed by atoms with E-state index in [0.29, 0.717) is 0 Å². The Morgan fingerprint density at radius 1 is 1.56 bits per heavy atom. The van der Waals surface area contributed by atoms with Gasteiger partial charge in [0.05, 0.1) is 12.2 Å². The van der Waals surface area contributed by atoms with E-state index in [9.17, 15) is 4.79 Å². The molecule has 0 bridgehead atoms. The molecule has 0 aliphatic carbocycles. The first-order valence-electron chi connectivity index (χ1n) is 3.15. The second kappa shape index (κ2) is 1.99. The predicted octanol–water partition coefficient (Wildman–Crippen LogP) is -0.218. The molecule has 52 valence electrons. The molecule has 2 atom stereocenters. The number of hydrogen-bond acceptors (Lipinski definition) is 2. The Bertz CT molecular complexity index is 135. The zero-order valence-corrected chi connectivity index (χ0v) is 6.01. The Kier molecular flexibility index (Phi) is 1.45. The lowest BCUT2D eigenvalue weighted by atomic mass is 10.3. The van der Waals surface area contributed by atoms with Gasteiger partial charge in [0.2, 0.25) is 5.91 Å². The highest BCUT2D eigenvalue weighted by atomic mass is 16.2. The third-order valence-corrected chi connectivity index (χ3v) is 1.79. The van der Waals surface area contributed by atoms with Crippen LogP contribution in [0.1, 0.15) is 13.8 Å². The van der Waals surface area contributed by atoms with E-state index in [1.165, 1.54) is 0 Å². The number of carbonyl (C=O) groups excluding carboxylic acids is 1. The maximum Gasteiger partial charge on any atom is 0.240 e. The number of nitrogens with zero attached hydrogens (tertiary/aromatic N) is 1. The van der Waals surface area contributed by atoms with Crippen LogP contribution in [0.3, 0.4) is 0 Å². The Morgan fingerprint density at radius 2 is 2.11 bits per heavy atom. The summed E-state index contributed by atoms with van der Waals surface area (Å²) in [6.45, 7) is 3.85. The topological polar surface area (TPSA) is 32.3 Å². The van der Waals surface area contributed by atoms with Gasteiger partial charge in [-0.25, -0.2) is 0 Å². The average molecular weight is 128 g/mol. The van der Waals surface area contributed by atoms with Gasteiger partial charge in [-0.05, 0) is 13.8 Å². The van der Waals surface area contributed by atoms with Crippen LogP contribution in [0.4, 0.5) is 0 Å². The van der Waals surface area contributed by atoms with Gasteiger partial charge in [0, 0.05) is 7.05 Å². The van der Waals surface area contributed by atoms with Crippen molar-refractivity contribution in [3.63, 3.8) is 0 Å². The molecule has 0 unspecified atom stereocenters. The van der Waals surface area contributed by atoms with Gasteiger partial charge in [-0.15, -0.1) is 0 Å². The number of rotatable bonds is 0. The van der Waals surface area contributed by atoms with Crippen molar-refractivity contribution in [2.75, 3.05) is 7.05 Å². The molecular formula is C6H12N2O. The third kappa shape index (κ3) is 0.920. The fraction of sp³-hybridized carbons (Fsp3) is 0.833. The van der Waals surface area contributed by atoms with Gasteiger partial charge < -0.3 is 4.90 Å². The number of carbonyl (C=O) groups is 1. The minimum atomic E-state index is 0.00463. The zero-order valence-electron chi connectivity index (χ0n) is 6.01. The van der Waals surface area contributed by atoms with Crippen LogP contribution in [0.15, 0.2) is 0 Å². The van der Waals surface area contributed by atoms with Gasteiger partial charge in [0.1, 0.15) is 0 Å². The van der Waals surface area contributed by atoms with Gasteiger partial charge in [0.25, 0.3) is 0 Å². The summed E-state index contributed by atoms with van der Waals surface area (Å²) >= 11 is 0. The SMILES string of the molecule is C[C@@H]1N[C@H](C)N(C)C1=O. The van der Waals surface area contributed by atoms with E-state index >= 15 is 0 Å². The standard InChI is InChI=1S/C6H12N2O/c1-4-6(9)8(3)5(2)7-4/h4-5,7H,1-3H3/t4-,5-/m0/s1. The number of likely N-dealkylation sites (N-methyl/N-ethyl adjacent to an activating group) is 1. The molecule has 1 N–H and O–H groups in total. The van der Waals surface area contributed by atoms with Crippen LogP contribution in [0.25, 0.3) is 0 Å². The molecule has 0 aromatic heterocycles. The molecule has 1 rings (SSSR count). The molecule has 0 aromatic carbocycles. The van der Waals surface area contributed by atoms with Crippen molar-refractivity contribution in [2.45, 2.75) is 26.1 Å². The zero-order chi connectivity index (χ0) is 7.02. The fourth-order valence-corrected chi connectivity index (χ4v) is 1.04. The van der Waals surface area contributed by atoms with E-state index in [0.717, 1.165) is 0 Å². The average Bonchev–Trinajstić information content (AvgIpc) is 1.98. The van der Waals surface area contributed by atoms with E-state index < -0.39 is 0 Å². The fourth-order valence-electron chi connectivity index (χ4n) is 1.04. The molecule has 0 aromatic rings. The summed E-state index contributed by atoms with van der Waals surface area (Å²) in [6, 6.07) is 0.00463. The van der Waals surface area contributed by atoms with E-state index in [2.05, 4.69) is 5.32 Å². The minimum Gasteiger partial charge on any atom is -0.329 e. The first-order valence-corrected chi connectivity index (χ1v) is 3.15. The summed E-state index contributed by atoms with van der Waals surface area (Å²) < 4.78 is 0. The Balaban J connectivity index is 2.65. The van der Waals surface area contributed by atoms with Crippen LogP contribution in [-0.4, -0.2) is 30.1 Å². The van der Waals surface area contributed by atoms with Crippen molar-refractivity contribution >= 4 is 5.91 Å². The van der Waals surface area contributed by atoms with E-state index in [-0.39, 0.29) is 18.1 Å². The highest BCUT2D eigenvalue weighted by Crippen LogP contribution is 2.05. The van der Waals surface area contributed by atoms with Crippen LogP contribution in [0.2, 0.25) is 0 Å². The van der Waals surface area contributed by atoms with E-state index in [1.807, 2.05) is 20.9 Å². The monoisotopic (exact) mass is 128 g/mol. The third-order valence-electron chi connectivity index (χ3n) is 1.79. The molecule has 1 aliphatic rings. The smallest absolute Gasteiger partial charge is 0.240 e. The lowest BCUT2D eigenvalue weighted by Gasteiger charge is -2.12. The van der Waals surface area contributed by atoms with Crippen LogP contribution in [0, 0.1) is 0 Å². The first kappa shape index (κ1) is 6.55. The lowest BCUT2D eigenvalue weighted by Crippen LogP contribution is -2.30. The molecule has 0 radical (unpaired) electrons. The van der Waals surface area contributed by atoms with Crippen molar-refractivity contribution in [1.29, 1.82) is 0 Å². The summed E-state index contributed by atoms with van der Waals surface area (Å²) in [5.74, 6) is 0.183. The summed E-state index contributed by atoms with van der Waals surface area (Å²) in [4.78, 5) is 12.7. The van der Waals surface area contributed by atoms with Crippen LogP contribution >= 0.6 is 0 Å². The number of nitrogens with one attached hydrogen (secondary N) is 1. The van der Waals surface area contributed by atoms with E-state index in [4.69, 9.17) is 0 Å². The lowest BCUT2D eigenvalue weighted by molar-refractivity contribution is -0.128. The molecule has 1 aliphatic heterocycles. The van der Waals surface area contributed by atoms with Crippen molar-refractivity contribution in [1.82, 2.24) is 10.2 Å².